The fourth-order valence-corrected chi connectivity index (χ4v) is 5.76. The summed E-state index contributed by atoms with van der Waals surface area (Å²) >= 11 is 0. The second-order valence-electron chi connectivity index (χ2n) is 10.0. The van der Waals surface area contributed by atoms with Crippen LogP contribution in [0.2, 0.25) is 0 Å². The first-order chi connectivity index (χ1) is 17.6. The largest absolute Gasteiger partial charge is 0.371 e. The van der Waals surface area contributed by atoms with E-state index in [1.54, 1.807) is 6.20 Å². The number of anilines is 3. The Hall–Kier alpha value is -3.52. The van der Waals surface area contributed by atoms with Gasteiger partial charge in [0, 0.05) is 30.5 Å². The molecule has 2 aromatic carbocycles. The first-order valence-electron chi connectivity index (χ1n) is 12.9. The maximum Gasteiger partial charge on any atom is 0.168 e. The van der Waals surface area contributed by atoms with Crippen molar-refractivity contribution in [3.8, 4) is 5.69 Å². The number of piperidine rings is 1. The second-order valence-corrected chi connectivity index (χ2v) is 10.0. The Labute approximate surface area is 211 Å². The normalized spacial score (nSPS) is 17.2. The van der Waals surface area contributed by atoms with Crippen molar-refractivity contribution in [1.29, 1.82) is 0 Å². The number of hydrogen-bond acceptors (Lipinski definition) is 6. The molecule has 2 saturated heterocycles. The molecule has 0 bridgehead atoms. The van der Waals surface area contributed by atoms with E-state index >= 15 is 0 Å². The number of nitrogens with one attached hydrogen (secondary N) is 1. The Morgan fingerprint density at radius 3 is 2.25 bits per heavy atom. The fraction of sp³-hybridized carbons (Fsp3) is 0.393. The van der Waals surface area contributed by atoms with Gasteiger partial charge in [-0.3, -0.25) is 0 Å². The minimum atomic E-state index is -0.240. The Bertz CT molecular complexity index is 1340. The Balaban J connectivity index is 1.20. The molecule has 2 aliphatic rings. The number of rotatable bonds is 5. The van der Waals surface area contributed by atoms with Crippen molar-refractivity contribution < 1.29 is 4.39 Å². The van der Waals surface area contributed by atoms with E-state index in [-0.39, 0.29) is 5.82 Å². The topological polar surface area (TPSA) is 62.1 Å². The third-order valence-electron chi connectivity index (χ3n) is 7.69. The minimum absolute atomic E-state index is 0.240. The summed E-state index contributed by atoms with van der Waals surface area (Å²) < 4.78 is 15.6. The van der Waals surface area contributed by atoms with Gasteiger partial charge < -0.3 is 15.1 Å². The lowest BCUT2D eigenvalue weighted by atomic mass is 10.0. The summed E-state index contributed by atoms with van der Waals surface area (Å²) in [6.07, 6.45) is 8.52. The molecule has 1 N–H and O–H groups in total. The SMILES string of the molecule is Cc1cc(F)cc(C)c1Nc1ncnc2c1cnn2-c1ccc(N2CCC(N3CCCC3)CC2)cc1. The lowest BCUT2D eigenvalue weighted by molar-refractivity contribution is 0.208. The number of benzene rings is 2. The van der Waals surface area contributed by atoms with Crippen LogP contribution in [0.15, 0.2) is 48.9 Å². The van der Waals surface area contributed by atoms with Gasteiger partial charge in [-0.1, -0.05) is 0 Å². The number of halogens is 1. The minimum Gasteiger partial charge on any atom is -0.371 e. The molecule has 7 nitrogen and oxygen atoms in total. The van der Waals surface area contributed by atoms with Crippen molar-refractivity contribution in [2.24, 2.45) is 0 Å². The monoisotopic (exact) mass is 485 g/mol. The quantitative estimate of drug-likeness (QED) is 0.410. The van der Waals surface area contributed by atoms with Crippen LogP contribution < -0.4 is 10.2 Å². The number of likely N-dealkylation sites (tertiary alicyclic amines) is 1. The molecular weight excluding hydrogens is 453 g/mol. The molecule has 0 spiro atoms. The molecule has 0 amide bonds. The molecule has 4 heterocycles. The first kappa shape index (κ1) is 22.9. The van der Waals surface area contributed by atoms with Crippen LogP contribution in [0.1, 0.15) is 36.8 Å². The van der Waals surface area contributed by atoms with Crippen molar-refractivity contribution in [3.63, 3.8) is 0 Å². The number of fused-ring (bicyclic) bond motifs is 1. The summed E-state index contributed by atoms with van der Waals surface area (Å²) in [6, 6.07) is 12.4. The lowest BCUT2D eigenvalue weighted by Gasteiger charge is -2.37. The van der Waals surface area contributed by atoms with Crippen molar-refractivity contribution in [2.75, 3.05) is 36.4 Å². The highest BCUT2D eigenvalue weighted by Crippen LogP contribution is 2.30. The summed E-state index contributed by atoms with van der Waals surface area (Å²) in [5.74, 6) is 0.414. The van der Waals surface area contributed by atoms with Crippen LogP contribution in [0.3, 0.4) is 0 Å². The highest BCUT2D eigenvalue weighted by Gasteiger charge is 2.26. The molecule has 4 aromatic rings. The summed E-state index contributed by atoms with van der Waals surface area (Å²) in [4.78, 5) is 14.1. The summed E-state index contributed by atoms with van der Waals surface area (Å²) in [5, 5.41) is 8.80. The van der Waals surface area contributed by atoms with Crippen molar-refractivity contribution >= 4 is 28.2 Å². The van der Waals surface area contributed by atoms with Crippen molar-refractivity contribution in [3.05, 3.63) is 65.9 Å². The van der Waals surface area contributed by atoms with E-state index in [2.05, 4.69) is 54.4 Å². The van der Waals surface area contributed by atoms with Gasteiger partial charge in [0.2, 0.25) is 0 Å². The molecule has 2 aromatic heterocycles. The van der Waals surface area contributed by atoms with E-state index < -0.39 is 0 Å². The van der Waals surface area contributed by atoms with E-state index in [1.165, 1.54) is 62.9 Å². The third-order valence-corrected chi connectivity index (χ3v) is 7.69. The molecule has 6 rings (SSSR count). The van der Waals surface area contributed by atoms with Crippen LogP contribution in [0, 0.1) is 19.7 Å². The van der Waals surface area contributed by atoms with Crippen molar-refractivity contribution in [2.45, 2.75) is 45.6 Å². The molecule has 0 radical (unpaired) electrons. The van der Waals surface area contributed by atoms with Gasteiger partial charge >= 0.3 is 0 Å². The lowest BCUT2D eigenvalue weighted by Crippen LogP contribution is -2.43. The zero-order valence-electron chi connectivity index (χ0n) is 20.9. The molecule has 0 atom stereocenters. The molecule has 0 saturated carbocycles. The predicted octanol–water partition coefficient (Wildman–Crippen LogP) is 5.38. The molecule has 2 fully saturated rings. The average Bonchev–Trinajstić information content (AvgIpc) is 3.57. The van der Waals surface area contributed by atoms with Gasteiger partial charge in [-0.25, -0.2) is 19.0 Å². The van der Waals surface area contributed by atoms with Gasteiger partial charge in [0.05, 0.1) is 17.3 Å². The molecule has 36 heavy (non-hydrogen) atoms. The van der Waals surface area contributed by atoms with E-state index in [4.69, 9.17) is 0 Å². The van der Waals surface area contributed by atoms with Gasteiger partial charge in [0.1, 0.15) is 18.0 Å². The second kappa shape index (κ2) is 9.50. The van der Waals surface area contributed by atoms with Gasteiger partial charge in [0.15, 0.2) is 5.65 Å². The van der Waals surface area contributed by atoms with Crippen LogP contribution in [-0.4, -0.2) is 56.9 Å². The van der Waals surface area contributed by atoms with Gasteiger partial charge in [-0.2, -0.15) is 5.10 Å². The maximum absolute atomic E-state index is 13.7. The van der Waals surface area contributed by atoms with Crippen LogP contribution in [0.25, 0.3) is 16.7 Å². The number of aromatic nitrogens is 4. The van der Waals surface area contributed by atoms with Crippen LogP contribution in [0.4, 0.5) is 21.6 Å². The van der Waals surface area contributed by atoms with Crippen LogP contribution >= 0.6 is 0 Å². The molecule has 0 unspecified atom stereocenters. The predicted molar refractivity (Wildman–Crippen MR) is 142 cm³/mol. The smallest absolute Gasteiger partial charge is 0.168 e. The third kappa shape index (κ3) is 4.30. The number of nitrogens with zero attached hydrogens (tertiary/aromatic N) is 6. The standard InChI is InChI=1S/C28H32FN7/c1-19-15-21(29)16-20(2)26(19)33-27-25-17-32-36(28(25)31-18-30-27)24-7-5-22(6-8-24)35-13-9-23(10-14-35)34-11-3-4-12-34/h5-8,15-18,23H,3-4,9-14H2,1-2H3,(H,30,31,33). The van der Waals surface area contributed by atoms with Gasteiger partial charge in [-0.05, 0) is 100 Å². The molecule has 0 aliphatic carbocycles. The molecule has 2 aliphatic heterocycles. The van der Waals surface area contributed by atoms with E-state index in [0.29, 0.717) is 5.82 Å². The molecule has 186 valence electrons. The highest BCUT2D eigenvalue weighted by molar-refractivity contribution is 5.89. The zero-order chi connectivity index (χ0) is 24.6. The number of aryl methyl sites for hydroxylation is 2. The van der Waals surface area contributed by atoms with Crippen LogP contribution in [0.5, 0.6) is 0 Å². The molecular formula is C28H32FN7. The number of hydrogen-bond donors (Lipinski definition) is 1. The summed E-state index contributed by atoms with van der Waals surface area (Å²) in [5.41, 5.74) is 5.44. The van der Waals surface area contributed by atoms with Crippen molar-refractivity contribution in [1.82, 2.24) is 24.6 Å². The average molecular weight is 486 g/mol. The fourth-order valence-electron chi connectivity index (χ4n) is 5.76. The Kier molecular flexibility index (Phi) is 6.05. The Morgan fingerprint density at radius 1 is 0.889 bits per heavy atom. The van der Waals surface area contributed by atoms with Gasteiger partial charge in [0.25, 0.3) is 0 Å². The zero-order valence-corrected chi connectivity index (χ0v) is 20.9. The van der Waals surface area contributed by atoms with Gasteiger partial charge in [-0.15, -0.1) is 0 Å². The van der Waals surface area contributed by atoms with E-state index in [9.17, 15) is 4.39 Å². The first-order valence-corrected chi connectivity index (χ1v) is 12.9. The summed E-state index contributed by atoms with van der Waals surface area (Å²) in [6.45, 7) is 8.54. The Morgan fingerprint density at radius 2 is 1.56 bits per heavy atom. The van der Waals surface area contributed by atoms with E-state index in [0.717, 1.165) is 52.7 Å². The highest BCUT2D eigenvalue weighted by atomic mass is 19.1. The van der Waals surface area contributed by atoms with E-state index in [1.807, 2.05) is 18.5 Å². The van der Waals surface area contributed by atoms with Crippen LogP contribution in [-0.2, 0) is 0 Å². The maximum atomic E-state index is 13.7. The molecule has 8 heteroatoms. The summed E-state index contributed by atoms with van der Waals surface area (Å²) in [7, 11) is 0.